The van der Waals surface area contributed by atoms with E-state index < -0.39 is 0 Å². The largest absolute Gasteiger partial charge is 0.507 e. The quantitative estimate of drug-likeness (QED) is 0.652. The van der Waals surface area contributed by atoms with Gasteiger partial charge >= 0.3 is 0 Å². The first kappa shape index (κ1) is 21.5. The molecule has 0 fully saturated rings. The van der Waals surface area contributed by atoms with E-state index in [-0.39, 0.29) is 27.0 Å². The molecule has 0 bridgehead atoms. The fraction of sp³-hybridized carbons (Fsp3) is 0.435. The van der Waals surface area contributed by atoms with Crippen LogP contribution in [0.2, 0.25) is 0 Å². The van der Waals surface area contributed by atoms with Crippen LogP contribution >= 0.6 is 11.8 Å². The zero-order valence-corrected chi connectivity index (χ0v) is 18.0. The van der Waals surface area contributed by atoms with Gasteiger partial charge in [-0.05, 0) is 45.2 Å². The van der Waals surface area contributed by atoms with E-state index >= 15 is 0 Å². The molecule has 0 aromatic heterocycles. The predicted octanol–water partition coefficient (Wildman–Crippen LogP) is 6.50. The van der Waals surface area contributed by atoms with Crippen LogP contribution in [-0.2, 0) is 15.6 Å². The lowest BCUT2D eigenvalue weighted by Gasteiger charge is -2.29. The summed E-state index contributed by atoms with van der Waals surface area (Å²) < 4.78 is 13.4. The predicted molar refractivity (Wildman–Crippen MR) is 112 cm³/mol. The van der Waals surface area contributed by atoms with Crippen LogP contribution in [0.4, 0.5) is 4.39 Å². The van der Waals surface area contributed by atoms with Crippen molar-refractivity contribution >= 4 is 16.9 Å². The molecule has 1 N–H and O–H groups in total. The maximum absolute atomic E-state index is 13.4. The maximum atomic E-state index is 13.4. The summed E-state index contributed by atoms with van der Waals surface area (Å²) in [5.74, 6) is 0.00576. The number of carbonyl (C=O) groups is 1. The number of benzene rings is 2. The van der Waals surface area contributed by atoms with Crippen molar-refractivity contribution in [1.29, 1.82) is 0 Å². The number of carbonyl (C=O) groups excluding carboxylic acids is 1. The van der Waals surface area contributed by atoms with E-state index in [1.807, 2.05) is 12.1 Å². The van der Waals surface area contributed by atoms with Gasteiger partial charge in [0, 0.05) is 6.92 Å². The van der Waals surface area contributed by atoms with Gasteiger partial charge in [0.25, 0.3) is 0 Å². The summed E-state index contributed by atoms with van der Waals surface area (Å²) in [6, 6.07) is 10.2. The summed E-state index contributed by atoms with van der Waals surface area (Å²) in [5, 5.41) is 10.7. The summed E-state index contributed by atoms with van der Waals surface area (Å²) in [7, 11) is 0. The second-order valence-electron chi connectivity index (χ2n) is 9.01. The third-order valence-electron chi connectivity index (χ3n) is 4.51. The molecule has 2 nitrogen and oxygen atoms in total. The highest BCUT2D eigenvalue weighted by atomic mass is 32.2. The van der Waals surface area contributed by atoms with E-state index in [1.165, 1.54) is 30.8 Å². The number of thioether (sulfide) groups is 1. The fourth-order valence-corrected chi connectivity index (χ4v) is 3.98. The minimum absolute atomic E-state index is 0.00739. The van der Waals surface area contributed by atoms with Crippen molar-refractivity contribution in [2.24, 2.45) is 0 Å². The first-order chi connectivity index (χ1) is 12.3. The van der Waals surface area contributed by atoms with Crippen LogP contribution in [0.5, 0.6) is 5.75 Å². The third-order valence-corrected chi connectivity index (χ3v) is 5.62. The van der Waals surface area contributed by atoms with E-state index in [0.29, 0.717) is 5.75 Å². The highest BCUT2D eigenvalue weighted by molar-refractivity contribution is 8.13. The van der Waals surface area contributed by atoms with Crippen LogP contribution in [0.15, 0.2) is 36.4 Å². The summed E-state index contributed by atoms with van der Waals surface area (Å²) in [6.07, 6.45) is 0. The summed E-state index contributed by atoms with van der Waals surface area (Å²) >= 11 is 1.21. The van der Waals surface area contributed by atoms with Crippen LogP contribution in [0.1, 0.15) is 76.0 Å². The molecule has 0 spiro atoms. The fourth-order valence-electron chi connectivity index (χ4n) is 3.08. The van der Waals surface area contributed by atoms with Gasteiger partial charge < -0.3 is 5.11 Å². The van der Waals surface area contributed by atoms with Crippen molar-refractivity contribution in [3.05, 3.63) is 64.5 Å². The molecule has 0 aliphatic rings. The monoisotopic (exact) mass is 388 g/mol. The molecular weight excluding hydrogens is 359 g/mol. The normalized spacial score (nSPS) is 13.5. The number of rotatable bonds is 3. The number of phenols is 1. The Bertz CT molecular complexity index is 792. The molecular formula is C23H29FO2S. The molecule has 27 heavy (non-hydrogen) atoms. The van der Waals surface area contributed by atoms with Gasteiger partial charge in [0.15, 0.2) is 5.12 Å². The first-order valence-corrected chi connectivity index (χ1v) is 9.99. The van der Waals surface area contributed by atoms with Gasteiger partial charge in [0.1, 0.15) is 11.6 Å². The molecule has 0 saturated heterocycles. The number of halogens is 1. The second-order valence-corrected chi connectivity index (χ2v) is 10.3. The van der Waals surface area contributed by atoms with Gasteiger partial charge in [-0.1, -0.05) is 77.6 Å². The Morgan fingerprint density at radius 3 is 1.74 bits per heavy atom. The van der Waals surface area contributed by atoms with Crippen LogP contribution < -0.4 is 0 Å². The summed E-state index contributed by atoms with van der Waals surface area (Å²) in [6.45, 7) is 13.9. The lowest BCUT2D eigenvalue weighted by Crippen LogP contribution is -2.18. The van der Waals surface area contributed by atoms with Crippen LogP contribution in [0.25, 0.3) is 0 Å². The maximum Gasteiger partial charge on any atom is 0.186 e. The molecule has 0 amide bonds. The molecule has 0 radical (unpaired) electrons. The molecule has 0 saturated carbocycles. The number of hydrogen-bond donors (Lipinski definition) is 1. The van der Waals surface area contributed by atoms with E-state index in [9.17, 15) is 14.3 Å². The van der Waals surface area contributed by atoms with Crippen molar-refractivity contribution in [3.63, 3.8) is 0 Å². The van der Waals surface area contributed by atoms with Crippen molar-refractivity contribution in [2.75, 3.05) is 0 Å². The van der Waals surface area contributed by atoms with Crippen molar-refractivity contribution in [2.45, 2.75) is 64.5 Å². The molecule has 0 aliphatic heterocycles. The van der Waals surface area contributed by atoms with Gasteiger partial charge in [-0.15, -0.1) is 0 Å². The van der Waals surface area contributed by atoms with Gasteiger partial charge in [-0.2, -0.15) is 0 Å². The Balaban J connectivity index is 2.74. The van der Waals surface area contributed by atoms with Crippen molar-refractivity contribution in [3.8, 4) is 5.75 Å². The van der Waals surface area contributed by atoms with E-state index in [2.05, 4.69) is 41.5 Å². The Hall–Kier alpha value is -1.81. The number of hydrogen-bond acceptors (Lipinski definition) is 3. The summed E-state index contributed by atoms with van der Waals surface area (Å²) in [4.78, 5) is 11.9. The molecule has 2 rings (SSSR count). The van der Waals surface area contributed by atoms with Crippen molar-refractivity contribution in [1.82, 2.24) is 0 Å². The van der Waals surface area contributed by atoms with Gasteiger partial charge in [-0.25, -0.2) is 4.39 Å². The van der Waals surface area contributed by atoms with Gasteiger partial charge in [0.2, 0.25) is 0 Å². The Morgan fingerprint density at radius 2 is 1.37 bits per heavy atom. The molecule has 0 aliphatic carbocycles. The molecule has 0 heterocycles. The average molecular weight is 389 g/mol. The smallest absolute Gasteiger partial charge is 0.186 e. The number of aromatic hydroxyl groups is 1. The Kier molecular flexibility index (Phi) is 6.10. The summed E-state index contributed by atoms with van der Waals surface area (Å²) in [5.41, 5.74) is 2.99. The molecule has 1 atom stereocenters. The molecule has 4 heteroatoms. The Morgan fingerprint density at radius 1 is 0.926 bits per heavy atom. The van der Waals surface area contributed by atoms with Crippen molar-refractivity contribution < 1.29 is 14.3 Å². The topological polar surface area (TPSA) is 37.3 Å². The Labute approximate surface area is 166 Å². The minimum Gasteiger partial charge on any atom is -0.507 e. The van der Waals surface area contributed by atoms with E-state index in [1.54, 1.807) is 12.1 Å². The number of phenolic OH excluding ortho intramolecular Hbond substituents is 1. The van der Waals surface area contributed by atoms with Crippen LogP contribution in [-0.4, -0.2) is 10.2 Å². The molecule has 2 aromatic carbocycles. The average Bonchev–Trinajstić information content (AvgIpc) is 2.51. The lowest BCUT2D eigenvalue weighted by molar-refractivity contribution is -0.109. The lowest BCUT2D eigenvalue weighted by atomic mass is 9.78. The molecule has 2 aromatic rings. The minimum atomic E-state index is -0.304. The molecule has 146 valence electrons. The first-order valence-electron chi connectivity index (χ1n) is 9.11. The molecule has 1 unspecified atom stereocenters. The van der Waals surface area contributed by atoms with Gasteiger partial charge in [0.05, 0.1) is 5.25 Å². The highest BCUT2D eigenvalue weighted by Crippen LogP contribution is 2.44. The zero-order valence-electron chi connectivity index (χ0n) is 17.2. The van der Waals surface area contributed by atoms with E-state index in [0.717, 1.165) is 22.3 Å². The van der Waals surface area contributed by atoms with E-state index in [4.69, 9.17) is 0 Å². The highest BCUT2D eigenvalue weighted by Gasteiger charge is 2.29. The SMILES string of the molecule is CC(=O)SC(c1ccc(F)cc1)c1cc(C(C)(C)C)c(O)c(C(C)(C)C)c1. The zero-order chi connectivity index (χ0) is 20.6. The van der Waals surface area contributed by atoms with Crippen LogP contribution in [0.3, 0.4) is 0 Å². The standard InChI is InChI=1S/C23H29FO2S/c1-14(25)27-21(15-8-10-17(24)11-9-15)16-12-18(22(2,3)4)20(26)19(13-16)23(5,6)7/h8-13,21,26H,1-7H3. The van der Waals surface area contributed by atoms with Gasteiger partial charge in [-0.3, -0.25) is 4.79 Å². The third kappa shape index (κ3) is 5.13. The van der Waals surface area contributed by atoms with Crippen LogP contribution in [0, 0.1) is 5.82 Å². The second kappa shape index (κ2) is 7.67.